The summed E-state index contributed by atoms with van der Waals surface area (Å²) < 4.78 is 6.21. The highest BCUT2D eigenvalue weighted by Crippen LogP contribution is 2.31. The van der Waals surface area contributed by atoms with Crippen molar-refractivity contribution in [1.82, 2.24) is 35.4 Å². The molecule has 3 aromatic rings. The third kappa shape index (κ3) is 9.88. The molecule has 0 radical (unpaired) electrons. The summed E-state index contributed by atoms with van der Waals surface area (Å²) in [6.07, 6.45) is 5.89. The lowest BCUT2D eigenvalue weighted by Gasteiger charge is -2.34. The predicted octanol–water partition coefficient (Wildman–Crippen LogP) is 4.67. The normalized spacial score (nSPS) is 17.2. The van der Waals surface area contributed by atoms with Gasteiger partial charge < -0.3 is 25.4 Å². The maximum Gasteiger partial charge on any atom is 0.314 e. The number of aromatic nitrogens is 3. The third-order valence-corrected chi connectivity index (χ3v) is 8.70. The van der Waals surface area contributed by atoms with E-state index in [1.54, 1.807) is 25.5 Å². The van der Waals surface area contributed by atoms with Gasteiger partial charge in [-0.15, -0.1) is 0 Å². The number of aliphatic hydroxyl groups is 1. The number of nitrogens with one attached hydrogen (secondary N) is 2. The number of ether oxygens (including phenoxy) is 1. The molecule has 11 nitrogen and oxygen atoms in total. The Labute approximate surface area is 274 Å². The molecule has 2 saturated heterocycles. The van der Waals surface area contributed by atoms with E-state index in [4.69, 9.17) is 32.9 Å². The average Bonchev–Trinajstić information content (AvgIpc) is 3.03. The zero-order valence-corrected chi connectivity index (χ0v) is 27.4. The number of nitrogens with zero attached hydrogens (tertiary/aromatic N) is 6. The summed E-state index contributed by atoms with van der Waals surface area (Å²) in [5.41, 5.74) is 2.57. The number of benzene rings is 1. The summed E-state index contributed by atoms with van der Waals surface area (Å²) in [5, 5.41) is 16.2. The Hall–Kier alpha value is -3.22. The van der Waals surface area contributed by atoms with Crippen LogP contribution in [0.15, 0.2) is 42.7 Å². The summed E-state index contributed by atoms with van der Waals surface area (Å²) >= 11 is 12.7. The first kappa shape index (κ1) is 33.2. The molecular weight excluding hydrogens is 615 g/mol. The first-order chi connectivity index (χ1) is 21.7. The third-order valence-electron chi connectivity index (χ3n) is 8.27. The second-order valence-electron chi connectivity index (χ2n) is 11.8. The maximum atomic E-state index is 11.6. The van der Waals surface area contributed by atoms with Crippen molar-refractivity contribution in [3.05, 3.63) is 58.3 Å². The van der Waals surface area contributed by atoms with Gasteiger partial charge in [-0.3, -0.25) is 9.80 Å². The number of pyridine rings is 1. The highest BCUT2D eigenvalue weighted by Gasteiger charge is 2.22. The van der Waals surface area contributed by atoms with E-state index < -0.39 is 0 Å². The Bertz CT molecular complexity index is 1390. The zero-order valence-electron chi connectivity index (χ0n) is 25.9. The van der Waals surface area contributed by atoms with Crippen LogP contribution in [0.5, 0.6) is 11.6 Å². The number of piperazine rings is 1. The molecule has 2 aliphatic rings. The van der Waals surface area contributed by atoms with Crippen LogP contribution in [0.3, 0.4) is 0 Å². The lowest BCUT2D eigenvalue weighted by atomic mass is 9.96. The van der Waals surface area contributed by atoms with Gasteiger partial charge in [0.15, 0.2) is 5.75 Å². The topological polar surface area (TPSA) is 119 Å². The molecule has 0 spiro atoms. The Morgan fingerprint density at radius 2 is 1.69 bits per heavy atom. The van der Waals surface area contributed by atoms with Gasteiger partial charge in [0.1, 0.15) is 0 Å². The number of amides is 2. The van der Waals surface area contributed by atoms with Crippen molar-refractivity contribution in [3.8, 4) is 22.9 Å². The highest BCUT2D eigenvalue weighted by atomic mass is 35.5. The Morgan fingerprint density at radius 1 is 1.00 bits per heavy atom. The van der Waals surface area contributed by atoms with Gasteiger partial charge in [-0.2, -0.15) is 0 Å². The van der Waals surface area contributed by atoms with Gasteiger partial charge >= 0.3 is 6.03 Å². The van der Waals surface area contributed by atoms with E-state index in [1.807, 2.05) is 25.1 Å². The molecular formula is C32H42Cl2N8O3. The lowest BCUT2D eigenvalue weighted by molar-refractivity contribution is 0.153. The van der Waals surface area contributed by atoms with Crippen LogP contribution >= 0.6 is 23.2 Å². The van der Waals surface area contributed by atoms with E-state index >= 15 is 0 Å². The number of halogens is 2. The second-order valence-corrected chi connectivity index (χ2v) is 12.7. The van der Waals surface area contributed by atoms with E-state index in [9.17, 15) is 9.90 Å². The number of urea groups is 1. The number of anilines is 1. The van der Waals surface area contributed by atoms with Crippen LogP contribution in [0, 0.1) is 5.92 Å². The van der Waals surface area contributed by atoms with Crippen molar-refractivity contribution >= 4 is 35.2 Å². The highest BCUT2D eigenvalue weighted by molar-refractivity contribution is 6.35. The van der Waals surface area contributed by atoms with Crippen molar-refractivity contribution in [3.63, 3.8) is 0 Å². The molecule has 242 valence electrons. The molecule has 2 amide bonds. The van der Waals surface area contributed by atoms with E-state index in [1.165, 1.54) is 0 Å². The van der Waals surface area contributed by atoms with Gasteiger partial charge in [-0.05, 0) is 75.0 Å². The fourth-order valence-corrected chi connectivity index (χ4v) is 6.20. The molecule has 0 bridgehead atoms. The summed E-state index contributed by atoms with van der Waals surface area (Å²) in [5.74, 6) is 2.06. The minimum absolute atomic E-state index is 0.140. The number of carbonyl (C=O) groups is 1. The molecule has 1 aromatic carbocycles. The van der Waals surface area contributed by atoms with E-state index in [0.29, 0.717) is 45.8 Å². The predicted molar refractivity (Wildman–Crippen MR) is 177 cm³/mol. The molecule has 2 fully saturated rings. The van der Waals surface area contributed by atoms with E-state index in [2.05, 4.69) is 41.4 Å². The van der Waals surface area contributed by atoms with Crippen LogP contribution in [0.4, 0.5) is 10.7 Å². The van der Waals surface area contributed by atoms with Crippen LogP contribution in [0.2, 0.25) is 10.0 Å². The first-order valence-electron chi connectivity index (χ1n) is 15.5. The van der Waals surface area contributed by atoms with Gasteiger partial charge in [-0.1, -0.05) is 23.2 Å². The summed E-state index contributed by atoms with van der Waals surface area (Å²) in [7, 11) is 1.63. The summed E-state index contributed by atoms with van der Waals surface area (Å²) in [6, 6.07) is 9.25. The van der Waals surface area contributed by atoms with Crippen LogP contribution in [-0.2, 0) is 6.54 Å². The van der Waals surface area contributed by atoms with Gasteiger partial charge in [0.05, 0.1) is 24.2 Å². The van der Waals surface area contributed by atoms with Crippen molar-refractivity contribution in [1.29, 1.82) is 0 Å². The number of hydrogen-bond acceptors (Lipinski definition) is 9. The summed E-state index contributed by atoms with van der Waals surface area (Å²) in [4.78, 5) is 32.5. The SMILES string of the molecule is CNC(=O)NCC1CCN(Cc2cc(Oc3cnc(N4CCN(CCC(C)O)CC4)nc3)nc(-c3cc(Cl)cc(Cl)c3)c2)CC1. The van der Waals surface area contributed by atoms with Crippen molar-refractivity contribution in [2.45, 2.75) is 38.8 Å². The number of piperidine rings is 1. The Morgan fingerprint density at radius 3 is 2.33 bits per heavy atom. The molecule has 45 heavy (non-hydrogen) atoms. The molecule has 1 atom stereocenters. The monoisotopic (exact) mass is 656 g/mol. The minimum atomic E-state index is -0.281. The molecule has 1 unspecified atom stereocenters. The molecule has 5 rings (SSSR count). The van der Waals surface area contributed by atoms with Gasteiger partial charge in [0, 0.05) is 74.5 Å². The molecule has 2 aliphatic heterocycles. The summed E-state index contributed by atoms with van der Waals surface area (Å²) in [6.45, 7) is 9.47. The number of rotatable bonds is 11. The Balaban J connectivity index is 1.26. The fraction of sp³-hybridized carbons (Fsp3) is 0.500. The molecule has 2 aromatic heterocycles. The molecule has 13 heteroatoms. The zero-order chi connectivity index (χ0) is 31.8. The molecule has 0 saturated carbocycles. The number of hydrogen-bond donors (Lipinski definition) is 3. The first-order valence-corrected chi connectivity index (χ1v) is 16.3. The smallest absolute Gasteiger partial charge is 0.314 e. The fourth-order valence-electron chi connectivity index (χ4n) is 5.67. The largest absolute Gasteiger partial charge is 0.436 e. The van der Waals surface area contributed by atoms with Gasteiger partial charge in [0.25, 0.3) is 0 Å². The van der Waals surface area contributed by atoms with Gasteiger partial charge in [0.2, 0.25) is 11.8 Å². The number of likely N-dealkylation sites (tertiary alicyclic amines) is 1. The molecule has 4 heterocycles. The van der Waals surface area contributed by atoms with Crippen molar-refractivity contribution in [2.24, 2.45) is 5.92 Å². The van der Waals surface area contributed by atoms with Crippen LogP contribution in [0.25, 0.3) is 11.3 Å². The second kappa shape index (κ2) is 15.9. The molecule has 0 aliphatic carbocycles. The lowest BCUT2D eigenvalue weighted by Crippen LogP contribution is -2.47. The standard InChI is InChI=1S/C32H42Cl2N8O3/c1-22(43)3-6-40-9-11-42(12-10-40)31-36-19-28(20-37-31)45-30-14-24(13-29(39-30)25-15-26(33)17-27(34)16-25)21-41-7-4-23(5-8-41)18-38-32(44)35-2/h13-17,19-20,22-23,43H,3-12,18,21H2,1-2H3,(H2,35,38,44). The number of carbonyl (C=O) groups excluding carboxylic acids is 1. The van der Waals surface area contributed by atoms with Crippen LogP contribution < -0.4 is 20.3 Å². The van der Waals surface area contributed by atoms with Crippen molar-refractivity contribution < 1.29 is 14.6 Å². The Kier molecular flexibility index (Phi) is 11.7. The maximum absolute atomic E-state index is 11.6. The quantitative estimate of drug-likeness (QED) is 0.270. The van der Waals surface area contributed by atoms with Crippen molar-refractivity contribution in [2.75, 3.05) is 64.3 Å². The van der Waals surface area contributed by atoms with Crippen LogP contribution in [-0.4, -0.2) is 101 Å². The average molecular weight is 658 g/mol. The van der Waals surface area contributed by atoms with Crippen LogP contribution in [0.1, 0.15) is 31.7 Å². The molecule has 3 N–H and O–H groups in total. The number of aliphatic hydroxyl groups excluding tert-OH is 1. The van der Waals surface area contributed by atoms with E-state index in [0.717, 1.165) is 82.7 Å². The minimum Gasteiger partial charge on any atom is -0.436 e. The van der Waals surface area contributed by atoms with E-state index in [-0.39, 0.29) is 12.1 Å². The van der Waals surface area contributed by atoms with Gasteiger partial charge in [-0.25, -0.2) is 19.7 Å².